The van der Waals surface area contributed by atoms with Crippen molar-refractivity contribution in [3.8, 4) is 11.5 Å². The second kappa shape index (κ2) is 6.83. The molecular weight excluding hydrogens is 349 g/mol. The van der Waals surface area contributed by atoms with Crippen molar-refractivity contribution in [3.63, 3.8) is 0 Å². The molecule has 24 heavy (non-hydrogen) atoms. The van der Waals surface area contributed by atoms with E-state index < -0.39 is 18.0 Å². The molecule has 1 aromatic heterocycles. The molecule has 128 valence electrons. The fourth-order valence-corrected chi connectivity index (χ4v) is 1.89. The first-order chi connectivity index (χ1) is 11.2. The van der Waals surface area contributed by atoms with Crippen molar-refractivity contribution in [1.82, 2.24) is 14.9 Å². The number of carbonyl (C=O) groups is 1. The highest BCUT2D eigenvalue weighted by atomic mass is 32.1. The predicted octanol–water partition coefficient (Wildman–Crippen LogP) is 2.78. The zero-order valence-electron chi connectivity index (χ0n) is 12.4. The lowest BCUT2D eigenvalue weighted by Gasteiger charge is -2.08. The van der Waals surface area contributed by atoms with Crippen LogP contribution in [-0.4, -0.2) is 34.2 Å². The van der Waals surface area contributed by atoms with Crippen LogP contribution in [0, 0.1) is 4.77 Å². The topological polar surface area (TPSA) is 81.5 Å². The van der Waals surface area contributed by atoms with Crippen molar-refractivity contribution in [3.05, 3.63) is 34.4 Å². The minimum Gasteiger partial charge on any atom is -0.493 e. The molecule has 0 saturated heterocycles. The third kappa shape index (κ3) is 3.98. The molecule has 1 aromatic carbocycles. The van der Waals surface area contributed by atoms with Gasteiger partial charge in [0.05, 0.1) is 13.3 Å². The van der Waals surface area contributed by atoms with E-state index in [9.17, 15) is 18.0 Å². The number of rotatable bonds is 4. The van der Waals surface area contributed by atoms with Crippen LogP contribution in [0.25, 0.3) is 0 Å². The Morgan fingerprint density at radius 1 is 1.42 bits per heavy atom. The van der Waals surface area contributed by atoms with Crippen molar-refractivity contribution in [2.24, 2.45) is 5.10 Å². The SMILES string of the molecule is COc1cc(/C=N\n2c(C(F)(F)F)n[nH]c2=S)ccc1OC(C)=O. The van der Waals surface area contributed by atoms with Gasteiger partial charge in [0.1, 0.15) is 0 Å². The van der Waals surface area contributed by atoms with Gasteiger partial charge in [-0.05, 0) is 36.0 Å². The summed E-state index contributed by atoms with van der Waals surface area (Å²) >= 11 is 4.72. The van der Waals surface area contributed by atoms with Gasteiger partial charge in [-0.1, -0.05) is 0 Å². The van der Waals surface area contributed by atoms with Gasteiger partial charge in [0.2, 0.25) is 4.77 Å². The smallest absolute Gasteiger partial charge is 0.453 e. The van der Waals surface area contributed by atoms with E-state index in [2.05, 4.69) is 10.2 Å². The average Bonchev–Trinajstić information content (AvgIpc) is 2.86. The van der Waals surface area contributed by atoms with Gasteiger partial charge in [0.25, 0.3) is 5.82 Å². The maximum atomic E-state index is 12.8. The lowest BCUT2D eigenvalue weighted by molar-refractivity contribution is -0.147. The number of ether oxygens (including phenoxy) is 2. The minimum atomic E-state index is -4.71. The lowest BCUT2D eigenvalue weighted by Crippen LogP contribution is -2.12. The normalized spacial score (nSPS) is 11.7. The number of hydrogen-bond donors (Lipinski definition) is 1. The van der Waals surface area contributed by atoms with Crippen molar-refractivity contribution < 1.29 is 27.4 Å². The van der Waals surface area contributed by atoms with Crippen molar-refractivity contribution in [2.45, 2.75) is 13.1 Å². The van der Waals surface area contributed by atoms with Gasteiger partial charge in [-0.25, -0.2) is 5.10 Å². The number of aromatic nitrogens is 3. The Bertz CT molecular complexity index is 842. The summed E-state index contributed by atoms with van der Waals surface area (Å²) in [5, 5.41) is 8.82. The Kier molecular flexibility index (Phi) is 5.02. The van der Waals surface area contributed by atoms with Gasteiger partial charge >= 0.3 is 12.1 Å². The Morgan fingerprint density at radius 3 is 2.71 bits per heavy atom. The molecule has 1 N–H and O–H groups in total. The summed E-state index contributed by atoms with van der Waals surface area (Å²) in [5.74, 6) is -1.40. The third-order valence-electron chi connectivity index (χ3n) is 2.67. The average molecular weight is 360 g/mol. The number of H-pyrrole nitrogens is 1. The van der Waals surface area contributed by atoms with Crippen LogP contribution < -0.4 is 9.47 Å². The van der Waals surface area contributed by atoms with Gasteiger partial charge in [0.15, 0.2) is 11.5 Å². The third-order valence-corrected chi connectivity index (χ3v) is 2.93. The predicted molar refractivity (Wildman–Crippen MR) is 79.7 cm³/mol. The molecule has 0 atom stereocenters. The zero-order chi connectivity index (χ0) is 17.9. The quantitative estimate of drug-likeness (QED) is 0.392. The number of methoxy groups -OCH3 is 1. The molecule has 0 bridgehead atoms. The van der Waals surface area contributed by atoms with E-state index in [4.69, 9.17) is 21.7 Å². The molecule has 0 aliphatic heterocycles. The van der Waals surface area contributed by atoms with E-state index in [1.807, 2.05) is 5.10 Å². The molecule has 0 amide bonds. The highest BCUT2D eigenvalue weighted by Crippen LogP contribution is 2.29. The van der Waals surface area contributed by atoms with Crippen molar-refractivity contribution in [1.29, 1.82) is 0 Å². The van der Waals surface area contributed by atoms with Gasteiger partial charge in [-0.3, -0.25) is 4.79 Å². The molecule has 11 heteroatoms. The molecule has 0 unspecified atom stereocenters. The van der Waals surface area contributed by atoms with Crippen LogP contribution in [-0.2, 0) is 11.0 Å². The van der Waals surface area contributed by atoms with Gasteiger partial charge < -0.3 is 9.47 Å². The number of carbonyl (C=O) groups excluding carboxylic acids is 1. The van der Waals surface area contributed by atoms with E-state index in [-0.39, 0.29) is 16.3 Å². The monoisotopic (exact) mass is 360 g/mol. The largest absolute Gasteiger partial charge is 0.493 e. The summed E-state index contributed by atoms with van der Waals surface area (Å²) in [6, 6.07) is 4.36. The van der Waals surface area contributed by atoms with Crippen molar-refractivity contribution in [2.75, 3.05) is 7.11 Å². The first-order valence-electron chi connectivity index (χ1n) is 6.38. The Labute approximate surface area is 138 Å². The summed E-state index contributed by atoms with van der Waals surface area (Å²) in [6.45, 7) is 1.23. The molecular formula is C13H11F3N4O3S. The first-order valence-corrected chi connectivity index (χ1v) is 6.78. The fourth-order valence-electron chi connectivity index (χ4n) is 1.71. The Morgan fingerprint density at radius 2 is 2.12 bits per heavy atom. The van der Waals surface area contributed by atoms with Crippen LogP contribution in [0.15, 0.2) is 23.3 Å². The van der Waals surface area contributed by atoms with Crippen LogP contribution in [0.2, 0.25) is 0 Å². The molecule has 2 rings (SSSR count). The molecule has 0 fully saturated rings. The van der Waals surface area contributed by atoms with Gasteiger partial charge in [-0.2, -0.15) is 22.9 Å². The maximum absolute atomic E-state index is 12.8. The number of aromatic amines is 1. The van der Waals surface area contributed by atoms with E-state index in [1.165, 1.54) is 32.2 Å². The highest BCUT2D eigenvalue weighted by molar-refractivity contribution is 7.71. The number of nitrogens with zero attached hydrogens (tertiary/aromatic N) is 3. The van der Waals surface area contributed by atoms with Gasteiger partial charge in [0, 0.05) is 6.92 Å². The van der Waals surface area contributed by atoms with Gasteiger partial charge in [-0.15, -0.1) is 5.10 Å². The zero-order valence-corrected chi connectivity index (χ0v) is 13.2. The van der Waals surface area contributed by atoms with Crippen LogP contribution in [0.1, 0.15) is 18.3 Å². The van der Waals surface area contributed by atoms with Crippen LogP contribution >= 0.6 is 12.2 Å². The molecule has 2 aromatic rings. The highest BCUT2D eigenvalue weighted by Gasteiger charge is 2.37. The summed E-state index contributed by atoms with van der Waals surface area (Å²) in [7, 11) is 1.36. The molecule has 0 spiro atoms. The summed E-state index contributed by atoms with van der Waals surface area (Å²) in [4.78, 5) is 11.0. The second-order valence-electron chi connectivity index (χ2n) is 4.41. The van der Waals surface area contributed by atoms with E-state index in [0.29, 0.717) is 10.2 Å². The van der Waals surface area contributed by atoms with Crippen LogP contribution in [0.4, 0.5) is 13.2 Å². The standard InChI is InChI=1S/C13H11F3N4O3S/c1-7(21)23-9-4-3-8(5-10(9)22-2)6-17-20-11(13(14,15)16)18-19-12(20)24/h3-6H,1-2H3,(H,19,24)/b17-6-. The van der Waals surface area contributed by atoms with Crippen LogP contribution in [0.3, 0.4) is 0 Å². The van der Waals surface area contributed by atoms with E-state index in [1.54, 1.807) is 0 Å². The molecule has 0 radical (unpaired) electrons. The maximum Gasteiger partial charge on any atom is 0.453 e. The van der Waals surface area contributed by atoms with Crippen molar-refractivity contribution >= 4 is 24.4 Å². The number of halogens is 3. The number of nitrogens with one attached hydrogen (secondary N) is 1. The minimum absolute atomic E-state index is 0.179. The van der Waals surface area contributed by atoms with Crippen LogP contribution in [0.5, 0.6) is 11.5 Å². The summed E-state index contributed by atoms with van der Waals surface area (Å²) in [6.07, 6.45) is -3.57. The molecule has 0 saturated carbocycles. The molecule has 0 aliphatic carbocycles. The van der Waals surface area contributed by atoms with E-state index >= 15 is 0 Å². The molecule has 0 aliphatic rings. The number of esters is 1. The summed E-state index contributed by atoms with van der Waals surface area (Å²) in [5.41, 5.74) is 0.402. The summed E-state index contributed by atoms with van der Waals surface area (Å²) < 4.78 is 48.5. The molecule has 7 nitrogen and oxygen atoms in total. The Balaban J connectivity index is 2.35. The second-order valence-corrected chi connectivity index (χ2v) is 4.80. The first kappa shape index (κ1) is 17.7. The number of alkyl halides is 3. The molecule has 1 heterocycles. The number of hydrogen-bond acceptors (Lipinski definition) is 6. The lowest BCUT2D eigenvalue weighted by atomic mass is 10.2. The Hall–Kier alpha value is -2.69. The number of benzene rings is 1. The fraction of sp³-hybridized carbons (Fsp3) is 0.231. The van der Waals surface area contributed by atoms with E-state index in [0.717, 1.165) is 6.21 Å².